The topological polar surface area (TPSA) is 110 Å². The summed E-state index contributed by atoms with van der Waals surface area (Å²) in [7, 11) is 1.38. The van der Waals surface area contributed by atoms with Gasteiger partial charge in [-0.25, -0.2) is 9.59 Å². The van der Waals surface area contributed by atoms with Crippen LogP contribution in [0.1, 0.15) is 13.8 Å². The molecule has 19 heavy (non-hydrogen) atoms. The third-order valence-corrected chi connectivity index (χ3v) is 2.61. The summed E-state index contributed by atoms with van der Waals surface area (Å²) < 4.78 is 0. The van der Waals surface area contributed by atoms with Crippen molar-refractivity contribution in [1.82, 2.24) is 15.1 Å². The molecule has 8 nitrogen and oxygen atoms in total. The number of hydrogen-bond acceptors (Lipinski definition) is 4. The van der Waals surface area contributed by atoms with Gasteiger partial charge in [0.1, 0.15) is 6.54 Å². The molecule has 0 aromatic carbocycles. The molecule has 8 heteroatoms. The van der Waals surface area contributed by atoms with E-state index in [4.69, 9.17) is 10.2 Å². The maximum absolute atomic E-state index is 11.7. The molecule has 0 spiro atoms. The fraction of sp³-hybridized carbons (Fsp3) is 0.727. The molecule has 0 aromatic rings. The average molecular weight is 275 g/mol. The minimum absolute atomic E-state index is 0.148. The van der Waals surface area contributed by atoms with Crippen molar-refractivity contribution in [3.8, 4) is 0 Å². The lowest BCUT2D eigenvalue weighted by Crippen LogP contribution is -2.50. The van der Waals surface area contributed by atoms with Gasteiger partial charge in [-0.3, -0.25) is 4.79 Å². The van der Waals surface area contributed by atoms with Crippen molar-refractivity contribution in [2.75, 3.05) is 33.3 Å². The first-order valence-electron chi connectivity index (χ1n) is 6.00. The molecular formula is C11H21N3O5. The van der Waals surface area contributed by atoms with Crippen molar-refractivity contribution in [3.05, 3.63) is 0 Å². The normalized spacial score (nSPS) is 11.6. The first-order chi connectivity index (χ1) is 8.87. The van der Waals surface area contributed by atoms with Crippen molar-refractivity contribution >= 4 is 17.9 Å². The number of aliphatic carboxylic acids is 1. The highest BCUT2D eigenvalue weighted by Gasteiger charge is 2.22. The SMILES string of the molecule is CCN(CC)C(=O)CN(C)C(=O)NC(CO)C(=O)O. The molecule has 0 fully saturated rings. The highest BCUT2D eigenvalue weighted by molar-refractivity contribution is 5.86. The molecule has 3 N–H and O–H groups in total. The number of aliphatic hydroxyl groups excluding tert-OH is 1. The Morgan fingerprint density at radius 2 is 1.74 bits per heavy atom. The highest BCUT2D eigenvalue weighted by atomic mass is 16.4. The van der Waals surface area contributed by atoms with Crippen molar-refractivity contribution in [2.45, 2.75) is 19.9 Å². The Balaban J connectivity index is 4.41. The summed E-state index contributed by atoms with van der Waals surface area (Å²) in [4.78, 5) is 36.6. The van der Waals surface area contributed by atoms with E-state index in [1.165, 1.54) is 7.05 Å². The number of carboxylic acid groups (broad SMARTS) is 1. The lowest BCUT2D eigenvalue weighted by Gasteiger charge is -2.24. The van der Waals surface area contributed by atoms with Crippen LogP contribution in [0.25, 0.3) is 0 Å². The van der Waals surface area contributed by atoms with E-state index in [1.807, 2.05) is 13.8 Å². The van der Waals surface area contributed by atoms with Gasteiger partial charge in [0.05, 0.1) is 6.61 Å². The summed E-state index contributed by atoms with van der Waals surface area (Å²) in [5, 5.41) is 19.6. The molecule has 0 saturated heterocycles. The summed E-state index contributed by atoms with van der Waals surface area (Å²) in [6.07, 6.45) is 0. The van der Waals surface area contributed by atoms with Crippen LogP contribution in [0, 0.1) is 0 Å². The van der Waals surface area contributed by atoms with E-state index in [0.717, 1.165) is 4.90 Å². The predicted octanol–water partition coefficient (Wildman–Crippen LogP) is -1.06. The smallest absolute Gasteiger partial charge is 0.328 e. The van der Waals surface area contributed by atoms with Crippen LogP contribution in [0.4, 0.5) is 4.79 Å². The van der Waals surface area contributed by atoms with Gasteiger partial charge in [-0.15, -0.1) is 0 Å². The standard InChI is InChI=1S/C11H21N3O5/c1-4-14(5-2)9(16)6-13(3)11(19)12-8(7-15)10(17)18/h8,15H,4-7H2,1-3H3,(H,12,19)(H,17,18). The number of likely N-dealkylation sites (N-methyl/N-ethyl adjacent to an activating group) is 2. The van der Waals surface area contributed by atoms with Gasteiger partial charge in [-0.05, 0) is 13.8 Å². The van der Waals surface area contributed by atoms with Gasteiger partial charge in [0.15, 0.2) is 6.04 Å². The number of carbonyl (C=O) groups excluding carboxylic acids is 2. The number of hydrogen-bond donors (Lipinski definition) is 3. The van der Waals surface area contributed by atoms with Gasteiger partial charge in [-0.2, -0.15) is 0 Å². The van der Waals surface area contributed by atoms with Gasteiger partial charge >= 0.3 is 12.0 Å². The van der Waals surface area contributed by atoms with E-state index in [1.54, 1.807) is 4.90 Å². The summed E-state index contributed by atoms with van der Waals surface area (Å²) in [6.45, 7) is 3.88. The van der Waals surface area contributed by atoms with E-state index in [2.05, 4.69) is 5.32 Å². The third kappa shape index (κ3) is 5.56. The van der Waals surface area contributed by atoms with Gasteiger partial charge in [0.2, 0.25) is 5.91 Å². The van der Waals surface area contributed by atoms with Crippen LogP contribution >= 0.6 is 0 Å². The van der Waals surface area contributed by atoms with E-state index >= 15 is 0 Å². The molecule has 0 rings (SSSR count). The number of urea groups is 1. The zero-order valence-electron chi connectivity index (χ0n) is 11.4. The van der Waals surface area contributed by atoms with Crippen LogP contribution in [0.3, 0.4) is 0 Å². The molecule has 1 atom stereocenters. The van der Waals surface area contributed by atoms with E-state index in [9.17, 15) is 14.4 Å². The van der Waals surface area contributed by atoms with Crippen molar-refractivity contribution in [2.24, 2.45) is 0 Å². The van der Waals surface area contributed by atoms with Crippen LogP contribution in [0.15, 0.2) is 0 Å². The number of aliphatic hydroxyl groups is 1. The van der Waals surface area contributed by atoms with Crippen molar-refractivity contribution in [1.29, 1.82) is 0 Å². The molecule has 0 aliphatic heterocycles. The summed E-state index contributed by atoms with van der Waals surface area (Å²) >= 11 is 0. The molecule has 0 heterocycles. The Labute approximate surface area is 112 Å². The Hall–Kier alpha value is -1.83. The average Bonchev–Trinajstić information content (AvgIpc) is 2.36. The monoisotopic (exact) mass is 275 g/mol. The number of amides is 3. The Bertz CT molecular complexity index is 330. The minimum atomic E-state index is -1.38. The molecule has 0 radical (unpaired) electrons. The maximum atomic E-state index is 11.7. The Morgan fingerprint density at radius 3 is 2.11 bits per heavy atom. The van der Waals surface area contributed by atoms with Crippen LogP contribution in [-0.4, -0.2) is 77.3 Å². The first-order valence-corrected chi connectivity index (χ1v) is 6.00. The van der Waals surface area contributed by atoms with Crippen LogP contribution in [0.5, 0.6) is 0 Å². The minimum Gasteiger partial charge on any atom is -0.480 e. The third-order valence-electron chi connectivity index (χ3n) is 2.61. The number of carboxylic acids is 1. The number of nitrogens with zero attached hydrogens (tertiary/aromatic N) is 2. The molecule has 110 valence electrons. The Morgan fingerprint density at radius 1 is 1.21 bits per heavy atom. The maximum Gasteiger partial charge on any atom is 0.328 e. The largest absolute Gasteiger partial charge is 0.480 e. The number of rotatable bonds is 7. The van der Waals surface area contributed by atoms with Gasteiger partial charge in [0.25, 0.3) is 0 Å². The number of nitrogens with one attached hydrogen (secondary N) is 1. The molecular weight excluding hydrogens is 254 g/mol. The van der Waals surface area contributed by atoms with E-state index in [0.29, 0.717) is 13.1 Å². The van der Waals surface area contributed by atoms with Gasteiger partial charge < -0.3 is 25.3 Å². The molecule has 0 aromatic heterocycles. The summed E-state index contributed by atoms with van der Waals surface area (Å²) in [5.41, 5.74) is 0. The summed E-state index contributed by atoms with van der Waals surface area (Å²) in [6, 6.07) is -2.10. The van der Waals surface area contributed by atoms with Crippen LogP contribution in [0.2, 0.25) is 0 Å². The molecule has 0 aliphatic carbocycles. The quantitative estimate of drug-likeness (QED) is 0.548. The Kier molecular flexibility index (Phi) is 7.50. The lowest BCUT2D eigenvalue weighted by atomic mass is 10.3. The van der Waals surface area contributed by atoms with E-state index in [-0.39, 0.29) is 12.5 Å². The van der Waals surface area contributed by atoms with E-state index < -0.39 is 24.6 Å². The molecule has 0 bridgehead atoms. The van der Waals surface area contributed by atoms with Crippen molar-refractivity contribution in [3.63, 3.8) is 0 Å². The molecule has 0 aliphatic rings. The number of carbonyl (C=O) groups is 3. The van der Waals surface area contributed by atoms with Crippen LogP contribution in [-0.2, 0) is 9.59 Å². The second-order valence-electron chi connectivity index (χ2n) is 3.94. The fourth-order valence-electron chi connectivity index (χ4n) is 1.40. The zero-order chi connectivity index (χ0) is 15.0. The first kappa shape index (κ1) is 17.2. The van der Waals surface area contributed by atoms with Gasteiger partial charge in [0, 0.05) is 20.1 Å². The zero-order valence-corrected chi connectivity index (χ0v) is 11.4. The summed E-state index contributed by atoms with van der Waals surface area (Å²) in [5.74, 6) is -1.56. The highest BCUT2D eigenvalue weighted by Crippen LogP contribution is 1.94. The molecule has 3 amide bonds. The predicted molar refractivity (Wildman–Crippen MR) is 67.6 cm³/mol. The van der Waals surface area contributed by atoms with Crippen LogP contribution < -0.4 is 5.32 Å². The van der Waals surface area contributed by atoms with Crippen molar-refractivity contribution < 1.29 is 24.6 Å². The molecule has 1 unspecified atom stereocenters. The molecule has 0 saturated carbocycles. The lowest BCUT2D eigenvalue weighted by molar-refractivity contribution is -0.140. The second-order valence-corrected chi connectivity index (χ2v) is 3.94. The van der Waals surface area contributed by atoms with Gasteiger partial charge in [-0.1, -0.05) is 0 Å². The fourth-order valence-corrected chi connectivity index (χ4v) is 1.40. The second kappa shape index (κ2) is 8.30.